The molecule has 96 valence electrons. The van der Waals surface area contributed by atoms with E-state index >= 15 is 0 Å². The molecule has 0 atom stereocenters. The van der Waals surface area contributed by atoms with Crippen LogP contribution in [0.15, 0.2) is 49.0 Å². The third-order valence-corrected chi connectivity index (χ3v) is 7.69. The largest absolute Gasteiger partial charge is 0.295 e. The zero-order chi connectivity index (χ0) is 13.2. The van der Waals surface area contributed by atoms with Crippen LogP contribution in [0.3, 0.4) is 0 Å². The summed E-state index contributed by atoms with van der Waals surface area (Å²) < 4.78 is 2.72. The maximum absolute atomic E-state index is 11.3. The zero-order valence-corrected chi connectivity index (χ0v) is 13.3. The molecule has 0 aliphatic carbocycles. The summed E-state index contributed by atoms with van der Waals surface area (Å²) in [7, 11) is 0. The second kappa shape index (κ2) is 5.87. The van der Waals surface area contributed by atoms with Gasteiger partial charge >= 0.3 is 0 Å². The van der Waals surface area contributed by atoms with Gasteiger partial charge in [-0.05, 0) is 28.7 Å². The van der Waals surface area contributed by atoms with Crippen molar-refractivity contribution in [2.75, 3.05) is 0 Å². The molecule has 0 amide bonds. The highest BCUT2D eigenvalue weighted by molar-refractivity contribution is 8.35. The van der Waals surface area contributed by atoms with E-state index in [9.17, 15) is 4.79 Å². The first-order valence-corrected chi connectivity index (χ1v) is 9.08. The van der Waals surface area contributed by atoms with Gasteiger partial charge in [0.2, 0.25) is 0 Å². The molecule has 0 N–H and O–H groups in total. The van der Waals surface area contributed by atoms with Crippen LogP contribution in [0.1, 0.15) is 22.8 Å². The maximum atomic E-state index is 11.3. The number of hydrogen-bond acceptors (Lipinski definition) is 5. The van der Waals surface area contributed by atoms with Gasteiger partial charge in [-0.15, -0.1) is 0 Å². The molecule has 0 unspecified atom stereocenters. The number of hydrogen-bond donors (Lipinski definition) is 0. The summed E-state index contributed by atoms with van der Waals surface area (Å²) in [6.45, 7) is 1.60. The Kier molecular flexibility index (Phi) is 4.17. The molecule has 0 saturated carbocycles. The highest BCUT2D eigenvalue weighted by atomic mass is 32.2. The van der Waals surface area contributed by atoms with Crippen molar-refractivity contribution in [2.45, 2.75) is 6.92 Å². The Balaban J connectivity index is 1.77. The van der Waals surface area contributed by atoms with Crippen molar-refractivity contribution in [3.8, 4) is 0 Å². The Morgan fingerprint density at radius 1 is 0.947 bits per heavy atom. The van der Waals surface area contributed by atoms with Gasteiger partial charge in [0.15, 0.2) is 5.78 Å². The van der Waals surface area contributed by atoms with Crippen molar-refractivity contribution in [1.29, 1.82) is 0 Å². The van der Waals surface area contributed by atoms with Gasteiger partial charge < -0.3 is 0 Å². The SMILES string of the molecule is CC(=O)c1ccc(C2=CSC(=C3SC=CS3)S2)cc1. The van der Waals surface area contributed by atoms with Crippen LogP contribution in [-0.4, -0.2) is 5.78 Å². The van der Waals surface area contributed by atoms with Crippen LogP contribution in [-0.2, 0) is 0 Å². The molecule has 3 rings (SSSR count). The molecule has 1 aromatic carbocycles. The van der Waals surface area contributed by atoms with E-state index in [-0.39, 0.29) is 5.78 Å². The van der Waals surface area contributed by atoms with E-state index in [0.29, 0.717) is 0 Å². The molecule has 2 aliphatic rings. The molecular weight excluding hydrogens is 312 g/mol. The second-order valence-corrected chi connectivity index (χ2v) is 8.20. The predicted molar refractivity (Wildman–Crippen MR) is 91.0 cm³/mol. The van der Waals surface area contributed by atoms with Gasteiger partial charge in [-0.3, -0.25) is 4.79 Å². The molecule has 1 nitrogen and oxygen atoms in total. The van der Waals surface area contributed by atoms with Gasteiger partial charge in [-0.25, -0.2) is 0 Å². The van der Waals surface area contributed by atoms with Crippen molar-refractivity contribution in [2.24, 2.45) is 0 Å². The lowest BCUT2D eigenvalue weighted by molar-refractivity contribution is 0.101. The van der Waals surface area contributed by atoms with Crippen molar-refractivity contribution in [3.63, 3.8) is 0 Å². The Morgan fingerprint density at radius 2 is 1.63 bits per heavy atom. The van der Waals surface area contributed by atoms with E-state index in [1.807, 2.05) is 36.0 Å². The zero-order valence-electron chi connectivity index (χ0n) is 10.1. The van der Waals surface area contributed by atoms with Gasteiger partial charge in [0.25, 0.3) is 0 Å². The molecule has 0 bridgehead atoms. The molecule has 0 radical (unpaired) electrons. The maximum Gasteiger partial charge on any atom is 0.159 e. The summed E-state index contributed by atoms with van der Waals surface area (Å²) >= 11 is 7.17. The average Bonchev–Trinajstić information content (AvgIpc) is 3.10. The van der Waals surface area contributed by atoms with E-state index in [2.05, 4.69) is 16.2 Å². The number of rotatable bonds is 2. The molecule has 0 spiro atoms. The van der Waals surface area contributed by atoms with Crippen LogP contribution in [0.2, 0.25) is 0 Å². The standard InChI is InChI=1S/C14H10OS4/c1-9(15)10-2-4-11(5-3-10)12-8-18-14(19-12)13-16-6-7-17-13/h2-8H,1H3. The quantitative estimate of drug-likeness (QED) is 0.643. The van der Waals surface area contributed by atoms with Crippen molar-refractivity contribution < 1.29 is 4.79 Å². The van der Waals surface area contributed by atoms with E-state index < -0.39 is 0 Å². The minimum absolute atomic E-state index is 0.113. The summed E-state index contributed by atoms with van der Waals surface area (Å²) in [4.78, 5) is 12.5. The predicted octanol–water partition coefficient (Wildman–Crippen LogP) is 5.75. The first-order chi connectivity index (χ1) is 9.24. The second-order valence-electron chi connectivity index (χ2n) is 3.92. The van der Waals surface area contributed by atoms with Gasteiger partial charge in [0, 0.05) is 10.5 Å². The molecular formula is C14H10OS4. The minimum Gasteiger partial charge on any atom is -0.295 e. The lowest BCUT2D eigenvalue weighted by atomic mass is 10.1. The summed E-state index contributed by atoms with van der Waals surface area (Å²) in [6.07, 6.45) is 0. The van der Waals surface area contributed by atoms with Crippen LogP contribution in [0.25, 0.3) is 4.91 Å². The van der Waals surface area contributed by atoms with Gasteiger partial charge in [-0.2, -0.15) is 0 Å². The summed E-state index contributed by atoms with van der Waals surface area (Å²) in [5.41, 5.74) is 1.95. The Morgan fingerprint density at radius 3 is 2.26 bits per heavy atom. The van der Waals surface area contributed by atoms with Crippen LogP contribution in [0.4, 0.5) is 0 Å². The minimum atomic E-state index is 0.113. The smallest absolute Gasteiger partial charge is 0.159 e. The van der Waals surface area contributed by atoms with E-state index in [1.54, 1.807) is 42.2 Å². The highest BCUT2D eigenvalue weighted by Gasteiger charge is 2.19. The van der Waals surface area contributed by atoms with Gasteiger partial charge in [-0.1, -0.05) is 71.3 Å². The first kappa shape index (κ1) is 13.5. The molecule has 0 saturated heterocycles. The van der Waals surface area contributed by atoms with Crippen LogP contribution < -0.4 is 0 Å². The normalized spacial score (nSPS) is 18.1. The van der Waals surface area contributed by atoms with Crippen molar-refractivity contribution >= 4 is 57.7 Å². The molecule has 19 heavy (non-hydrogen) atoms. The average molecular weight is 323 g/mol. The number of Topliss-reactive ketones (excluding diaryl/α,β-unsaturated/α-hetero) is 1. The van der Waals surface area contributed by atoms with E-state index in [1.165, 1.54) is 18.9 Å². The fourth-order valence-electron chi connectivity index (χ4n) is 1.64. The van der Waals surface area contributed by atoms with Crippen LogP contribution in [0.5, 0.6) is 0 Å². The van der Waals surface area contributed by atoms with Gasteiger partial charge in [0.05, 0.1) is 8.47 Å². The number of ketones is 1. The van der Waals surface area contributed by atoms with Crippen LogP contribution in [0, 0.1) is 0 Å². The van der Waals surface area contributed by atoms with Crippen molar-refractivity contribution in [3.05, 3.63) is 60.1 Å². The summed E-state index contributed by atoms with van der Waals surface area (Å²) in [6, 6.07) is 7.85. The number of carbonyl (C=O) groups is 1. The Hall–Kier alpha value is -0.490. The Bertz CT molecular complexity index is 601. The van der Waals surface area contributed by atoms with E-state index in [0.717, 1.165) is 5.56 Å². The first-order valence-electron chi connectivity index (χ1n) is 5.63. The number of benzene rings is 1. The third kappa shape index (κ3) is 2.99. The van der Waals surface area contributed by atoms with Crippen LogP contribution >= 0.6 is 47.0 Å². The van der Waals surface area contributed by atoms with Gasteiger partial charge in [0.1, 0.15) is 0 Å². The fraction of sp³-hybridized carbons (Fsp3) is 0.0714. The molecule has 0 fully saturated rings. The molecule has 2 heterocycles. The van der Waals surface area contributed by atoms with E-state index in [4.69, 9.17) is 0 Å². The fourth-order valence-corrected chi connectivity index (χ4v) is 6.13. The van der Waals surface area contributed by atoms with Crippen molar-refractivity contribution in [1.82, 2.24) is 0 Å². The highest BCUT2D eigenvalue weighted by Crippen LogP contribution is 2.55. The summed E-state index contributed by atoms with van der Waals surface area (Å²) in [5, 5.41) is 6.43. The number of carbonyl (C=O) groups excluding carboxylic acids is 1. The summed E-state index contributed by atoms with van der Waals surface area (Å²) in [5.74, 6) is 0.113. The number of thioether (sulfide) groups is 4. The lowest BCUT2D eigenvalue weighted by Crippen LogP contribution is -1.91. The molecule has 2 aliphatic heterocycles. The lowest BCUT2D eigenvalue weighted by Gasteiger charge is -2.04. The molecule has 0 aromatic heterocycles. The molecule has 1 aromatic rings. The topological polar surface area (TPSA) is 17.1 Å². The third-order valence-electron chi connectivity index (χ3n) is 2.62. The molecule has 5 heteroatoms. The monoisotopic (exact) mass is 322 g/mol. The Labute approximate surface area is 129 Å².